The Kier molecular flexibility index (Phi) is 5.35. The number of non-ortho nitro benzene ring substituents is 2. The molecule has 0 aliphatic rings. The van der Waals surface area contributed by atoms with Crippen molar-refractivity contribution in [1.82, 2.24) is 0 Å². The minimum absolute atomic E-state index is 0.164. The summed E-state index contributed by atoms with van der Waals surface area (Å²) in [7, 11) is 0. The fraction of sp³-hybridized carbons (Fsp3) is 0.0625. The number of nitrogens with zero attached hydrogens (tertiary/aromatic N) is 2. The van der Waals surface area contributed by atoms with Crippen molar-refractivity contribution in [3.63, 3.8) is 0 Å². The van der Waals surface area contributed by atoms with Crippen LogP contribution in [0.1, 0.15) is 11.1 Å². The van der Waals surface area contributed by atoms with E-state index in [1.165, 1.54) is 6.08 Å². The quantitative estimate of drug-likeness (QED) is 0.348. The number of hydrogen-bond donors (Lipinski definition) is 0. The summed E-state index contributed by atoms with van der Waals surface area (Å²) in [5, 5.41) is 21.6. The van der Waals surface area contributed by atoms with E-state index in [0.717, 1.165) is 23.8 Å². The molecule has 8 nitrogen and oxygen atoms in total. The molecule has 0 aliphatic carbocycles. The molecular weight excluding hydrogens is 316 g/mol. The first-order valence-electron chi connectivity index (χ1n) is 6.78. The van der Waals surface area contributed by atoms with Crippen molar-refractivity contribution in [1.29, 1.82) is 0 Å². The molecular formula is C16H12N2O6. The fourth-order valence-corrected chi connectivity index (χ4v) is 1.88. The van der Waals surface area contributed by atoms with Crippen molar-refractivity contribution in [3.8, 4) is 0 Å². The Morgan fingerprint density at radius 2 is 1.58 bits per heavy atom. The van der Waals surface area contributed by atoms with Crippen molar-refractivity contribution < 1.29 is 19.4 Å². The summed E-state index contributed by atoms with van der Waals surface area (Å²) in [5.41, 5.74) is 0.1000. The lowest BCUT2D eigenvalue weighted by Crippen LogP contribution is -2.02. The van der Waals surface area contributed by atoms with Crippen LogP contribution in [0.5, 0.6) is 0 Å². The normalized spacial score (nSPS) is 10.5. The van der Waals surface area contributed by atoms with Crippen LogP contribution in [0.15, 0.2) is 54.6 Å². The lowest BCUT2D eigenvalue weighted by molar-refractivity contribution is -0.394. The molecule has 8 heteroatoms. The highest BCUT2D eigenvalue weighted by Crippen LogP contribution is 2.23. The summed E-state index contributed by atoms with van der Waals surface area (Å²) < 4.78 is 4.95. The van der Waals surface area contributed by atoms with Gasteiger partial charge in [-0.1, -0.05) is 30.3 Å². The molecule has 0 saturated heterocycles. The van der Waals surface area contributed by atoms with E-state index >= 15 is 0 Å². The van der Waals surface area contributed by atoms with Crippen LogP contribution in [0.2, 0.25) is 0 Å². The summed E-state index contributed by atoms with van der Waals surface area (Å²) in [6.07, 6.45) is 2.76. The van der Waals surface area contributed by atoms with Crippen LogP contribution in [0.4, 0.5) is 11.4 Å². The molecule has 0 unspecified atom stereocenters. The van der Waals surface area contributed by atoms with Crippen LogP contribution in [-0.4, -0.2) is 15.8 Å². The second kappa shape index (κ2) is 7.63. The van der Waals surface area contributed by atoms with Gasteiger partial charge >= 0.3 is 5.97 Å². The summed E-state index contributed by atoms with van der Waals surface area (Å²) in [5.74, 6) is -0.659. The van der Waals surface area contributed by atoms with Gasteiger partial charge in [-0.3, -0.25) is 20.2 Å². The summed E-state index contributed by atoms with van der Waals surface area (Å²) >= 11 is 0. The molecule has 0 spiro atoms. The molecule has 2 aromatic carbocycles. The van der Waals surface area contributed by atoms with Crippen molar-refractivity contribution in [2.75, 3.05) is 0 Å². The molecule has 2 rings (SSSR count). The second-order valence-corrected chi connectivity index (χ2v) is 4.72. The van der Waals surface area contributed by atoms with Gasteiger partial charge in [0.15, 0.2) is 0 Å². The van der Waals surface area contributed by atoms with Crippen molar-refractivity contribution in [2.45, 2.75) is 6.61 Å². The number of carbonyl (C=O) groups is 1. The lowest BCUT2D eigenvalue weighted by atomic mass is 10.2. The second-order valence-electron chi connectivity index (χ2n) is 4.72. The van der Waals surface area contributed by atoms with E-state index in [4.69, 9.17) is 4.74 Å². The van der Waals surface area contributed by atoms with Gasteiger partial charge in [-0.25, -0.2) is 4.79 Å². The van der Waals surface area contributed by atoms with E-state index in [1.807, 2.05) is 18.2 Å². The molecule has 0 fully saturated rings. The third kappa shape index (κ3) is 4.73. The molecule has 0 heterocycles. The van der Waals surface area contributed by atoms with Crippen LogP contribution in [0.25, 0.3) is 6.08 Å². The zero-order valence-electron chi connectivity index (χ0n) is 12.3. The standard InChI is InChI=1S/C16H12N2O6/c19-16(7-6-12-4-2-1-3-5-12)24-11-13-8-14(17(20)21)10-15(9-13)18(22)23/h1-10H,11H2/b7-6+. The van der Waals surface area contributed by atoms with Gasteiger partial charge < -0.3 is 4.74 Å². The molecule has 24 heavy (non-hydrogen) atoms. The van der Waals surface area contributed by atoms with Gasteiger partial charge in [0.1, 0.15) is 6.61 Å². The average Bonchev–Trinajstić information content (AvgIpc) is 2.58. The van der Waals surface area contributed by atoms with Gasteiger partial charge in [0.2, 0.25) is 0 Å². The molecule has 0 aromatic heterocycles. The maximum Gasteiger partial charge on any atom is 0.331 e. The number of hydrogen-bond acceptors (Lipinski definition) is 6. The highest BCUT2D eigenvalue weighted by Gasteiger charge is 2.16. The van der Waals surface area contributed by atoms with Crippen molar-refractivity contribution in [2.24, 2.45) is 0 Å². The zero-order chi connectivity index (χ0) is 17.5. The zero-order valence-corrected chi connectivity index (χ0v) is 12.3. The summed E-state index contributed by atoms with van der Waals surface area (Å²) in [6, 6.07) is 12.2. The van der Waals surface area contributed by atoms with Gasteiger partial charge in [-0.05, 0) is 11.6 Å². The molecule has 0 atom stereocenters. The highest BCUT2D eigenvalue weighted by molar-refractivity contribution is 5.87. The van der Waals surface area contributed by atoms with Gasteiger partial charge in [0, 0.05) is 23.8 Å². The van der Waals surface area contributed by atoms with E-state index in [-0.39, 0.29) is 12.2 Å². The van der Waals surface area contributed by atoms with E-state index < -0.39 is 27.2 Å². The smallest absolute Gasteiger partial charge is 0.331 e. The summed E-state index contributed by atoms with van der Waals surface area (Å²) in [4.78, 5) is 31.7. The van der Waals surface area contributed by atoms with Gasteiger partial charge in [0.25, 0.3) is 11.4 Å². The number of nitro benzene ring substituents is 2. The van der Waals surface area contributed by atoms with E-state index in [9.17, 15) is 25.0 Å². The Balaban J connectivity index is 2.05. The molecule has 122 valence electrons. The van der Waals surface area contributed by atoms with Crippen molar-refractivity contribution >= 4 is 23.4 Å². The van der Waals surface area contributed by atoms with E-state index in [2.05, 4.69) is 0 Å². The van der Waals surface area contributed by atoms with Crippen molar-refractivity contribution in [3.05, 3.63) is 86.0 Å². The Bertz CT molecular complexity index is 769. The van der Waals surface area contributed by atoms with Gasteiger partial charge in [-0.15, -0.1) is 0 Å². The minimum Gasteiger partial charge on any atom is -0.458 e. The SMILES string of the molecule is O=C(/C=C/c1ccccc1)OCc1cc([N+](=O)[O-])cc([N+](=O)[O-])c1. The number of nitro groups is 2. The third-order valence-corrected chi connectivity index (χ3v) is 2.98. The van der Waals surface area contributed by atoms with Crippen LogP contribution in [0.3, 0.4) is 0 Å². The van der Waals surface area contributed by atoms with Crippen LogP contribution < -0.4 is 0 Å². The summed E-state index contributed by atoms with van der Waals surface area (Å²) in [6.45, 7) is -0.305. The molecule has 0 amide bonds. The third-order valence-electron chi connectivity index (χ3n) is 2.98. The minimum atomic E-state index is -0.742. The molecule has 0 N–H and O–H groups in total. The molecule has 2 aromatic rings. The highest BCUT2D eigenvalue weighted by atomic mass is 16.6. The van der Waals surface area contributed by atoms with E-state index in [1.54, 1.807) is 18.2 Å². The Morgan fingerprint density at radius 3 is 2.12 bits per heavy atom. The first kappa shape index (κ1) is 16.8. The average molecular weight is 328 g/mol. The van der Waals surface area contributed by atoms with Crippen LogP contribution in [0, 0.1) is 20.2 Å². The van der Waals surface area contributed by atoms with Crippen LogP contribution in [-0.2, 0) is 16.1 Å². The lowest BCUT2D eigenvalue weighted by Gasteiger charge is -2.03. The molecule has 0 aliphatic heterocycles. The molecule has 0 bridgehead atoms. The maximum absolute atomic E-state index is 11.7. The Hall–Kier alpha value is -3.55. The maximum atomic E-state index is 11.7. The van der Waals surface area contributed by atoms with Gasteiger partial charge in [0.05, 0.1) is 15.9 Å². The van der Waals surface area contributed by atoms with Crippen LogP contribution >= 0.6 is 0 Å². The molecule has 0 radical (unpaired) electrons. The predicted molar refractivity (Wildman–Crippen MR) is 85.0 cm³/mol. The number of esters is 1. The first-order chi connectivity index (χ1) is 11.5. The van der Waals surface area contributed by atoms with E-state index in [0.29, 0.717) is 0 Å². The molecule has 0 saturated carbocycles. The number of rotatable bonds is 6. The number of carbonyl (C=O) groups excluding carboxylic acids is 1. The first-order valence-corrected chi connectivity index (χ1v) is 6.78. The topological polar surface area (TPSA) is 113 Å². The fourth-order valence-electron chi connectivity index (χ4n) is 1.88. The predicted octanol–water partition coefficient (Wildman–Crippen LogP) is 3.26. The Labute approximate surface area is 136 Å². The Morgan fingerprint density at radius 1 is 1.00 bits per heavy atom. The van der Waals surface area contributed by atoms with Gasteiger partial charge in [-0.2, -0.15) is 0 Å². The largest absolute Gasteiger partial charge is 0.458 e. The monoisotopic (exact) mass is 328 g/mol. The number of benzene rings is 2. The number of ether oxygens (including phenoxy) is 1.